The van der Waals surface area contributed by atoms with Crippen molar-refractivity contribution in [3.8, 4) is 0 Å². The average Bonchev–Trinajstić information content (AvgIpc) is 2.56. The molecule has 1 rings (SSSR count). The second-order valence-electron chi connectivity index (χ2n) is 7.29. The van der Waals surface area contributed by atoms with Gasteiger partial charge in [0.25, 0.3) is 5.91 Å². The number of carbonyl (C=O) groups excluding carboxylic acids is 1. The van der Waals surface area contributed by atoms with E-state index in [1.54, 1.807) is 33.2 Å². The lowest BCUT2D eigenvalue weighted by molar-refractivity contribution is 0.0205. The van der Waals surface area contributed by atoms with Crippen molar-refractivity contribution in [3.63, 3.8) is 0 Å². The second-order valence-corrected chi connectivity index (χ2v) is 7.29. The van der Waals surface area contributed by atoms with Gasteiger partial charge in [-0.15, -0.1) is 24.0 Å². The highest BCUT2D eigenvalue weighted by atomic mass is 127. The highest BCUT2D eigenvalue weighted by Gasteiger charge is 2.24. The van der Waals surface area contributed by atoms with Crippen LogP contribution in [0, 0.1) is 5.41 Å². The molecule has 0 aliphatic heterocycles. The Morgan fingerprint density at radius 1 is 1.19 bits per heavy atom. The van der Waals surface area contributed by atoms with E-state index in [4.69, 9.17) is 4.74 Å². The van der Waals surface area contributed by atoms with E-state index in [0.717, 1.165) is 11.5 Å². The van der Waals surface area contributed by atoms with Gasteiger partial charge in [0, 0.05) is 46.9 Å². The van der Waals surface area contributed by atoms with E-state index >= 15 is 0 Å². The summed E-state index contributed by atoms with van der Waals surface area (Å²) >= 11 is 0. The molecule has 1 unspecified atom stereocenters. The van der Waals surface area contributed by atoms with Crippen LogP contribution < -0.4 is 10.6 Å². The zero-order valence-electron chi connectivity index (χ0n) is 16.9. The normalized spacial score (nSPS) is 12.8. The summed E-state index contributed by atoms with van der Waals surface area (Å²) in [6.07, 6.45) is 0.0855. The number of aliphatic imine (C=N–C) groups is 1. The van der Waals surface area contributed by atoms with Crippen molar-refractivity contribution in [2.24, 2.45) is 10.4 Å². The zero-order chi connectivity index (χ0) is 19.0. The van der Waals surface area contributed by atoms with Gasteiger partial charge in [0.1, 0.15) is 0 Å². The number of hydrogen-bond acceptors (Lipinski definition) is 3. The molecule has 1 atom stereocenters. The first-order valence-electron chi connectivity index (χ1n) is 8.47. The Hall–Kier alpha value is -1.35. The number of benzene rings is 1. The molecule has 148 valence electrons. The van der Waals surface area contributed by atoms with E-state index in [9.17, 15) is 4.79 Å². The Labute approximate surface area is 174 Å². The van der Waals surface area contributed by atoms with Crippen LogP contribution in [0.3, 0.4) is 0 Å². The van der Waals surface area contributed by atoms with Gasteiger partial charge >= 0.3 is 0 Å². The Morgan fingerprint density at radius 3 is 2.19 bits per heavy atom. The SMILES string of the molecule is CN=C(NCc1ccc(C(=O)N(C)C)cc1)NCC(OC)C(C)(C)C.I. The van der Waals surface area contributed by atoms with E-state index in [1.165, 1.54) is 0 Å². The fraction of sp³-hybridized carbons (Fsp3) is 0.579. The Kier molecular flexibility index (Phi) is 10.8. The van der Waals surface area contributed by atoms with Gasteiger partial charge in [-0.25, -0.2) is 0 Å². The third-order valence-electron chi connectivity index (χ3n) is 4.00. The van der Waals surface area contributed by atoms with Crippen LogP contribution in [0.25, 0.3) is 0 Å². The summed E-state index contributed by atoms with van der Waals surface area (Å²) in [4.78, 5) is 17.7. The number of methoxy groups -OCH3 is 1. The molecule has 26 heavy (non-hydrogen) atoms. The predicted octanol–water partition coefficient (Wildman–Crippen LogP) is 2.73. The number of carbonyl (C=O) groups is 1. The highest BCUT2D eigenvalue weighted by Crippen LogP contribution is 2.20. The van der Waals surface area contributed by atoms with E-state index in [2.05, 4.69) is 36.4 Å². The zero-order valence-corrected chi connectivity index (χ0v) is 19.3. The number of nitrogens with one attached hydrogen (secondary N) is 2. The Bertz CT molecular complexity index is 580. The molecular formula is C19H33IN4O2. The molecule has 0 spiro atoms. The molecule has 0 saturated carbocycles. The summed E-state index contributed by atoms with van der Waals surface area (Å²) in [5.74, 6) is 0.726. The van der Waals surface area contributed by atoms with Crippen LogP contribution in [-0.4, -0.2) is 57.7 Å². The molecule has 1 aromatic rings. The van der Waals surface area contributed by atoms with Crippen LogP contribution in [0.5, 0.6) is 0 Å². The first-order valence-corrected chi connectivity index (χ1v) is 8.47. The summed E-state index contributed by atoms with van der Waals surface area (Å²) in [7, 11) is 6.97. The van der Waals surface area contributed by atoms with E-state index in [0.29, 0.717) is 18.7 Å². The van der Waals surface area contributed by atoms with Gasteiger partial charge in [-0.2, -0.15) is 0 Å². The van der Waals surface area contributed by atoms with E-state index in [1.807, 2.05) is 24.3 Å². The third-order valence-corrected chi connectivity index (χ3v) is 4.00. The second kappa shape index (κ2) is 11.4. The van der Waals surface area contributed by atoms with E-state index in [-0.39, 0.29) is 41.4 Å². The van der Waals surface area contributed by atoms with Gasteiger partial charge in [-0.3, -0.25) is 9.79 Å². The van der Waals surface area contributed by atoms with E-state index < -0.39 is 0 Å². The Morgan fingerprint density at radius 2 is 1.77 bits per heavy atom. The molecule has 0 aliphatic rings. The molecule has 0 fully saturated rings. The summed E-state index contributed by atoms with van der Waals surface area (Å²) in [6.45, 7) is 7.75. The summed E-state index contributed by atoms with van der Waals surface area (Å²) in [6, 6.07) is 7.58. The number of guanidine groups is 1. The Balaban J connectivity index is 0.00000625. The van der Waals surface area contributed by atoms with Gasteiger partial charge < -0.3 is 20.3 Å². The molecule has 1 amide bonds. The third kappa shape index (κ3) is 7.90. The van der Waals surface area contributed by atoms with Gasteiger partial charge in [-0.1, -0.05) is 32.9 Å². The monoisotopic (exact) mass is 476 g/mol. The van der Waals surface area contributed by atoms with Gasteiger partial charge in [0.05, 0.1) is 6.10 Å². The van der Waals surface area contributed by atoms with Crippen LogP contribution in [0.4, 0.5) is 0 Å². The van der Waals surface area contributed by atoms with Gasteiger partial charge in [0.2, 0.25) is 0 Å². The first-order chi connectivity index (χ1) is 11.7. The summed E-state index contributed by atoms with van der Waals surface area (Å²) in [5.41, 5.74) is 1.82. The largest absolute Gasteiger partial charge is 0.379 e. The van der Waals surface area contributed by atoms with Crippen molar-refractivity contribution in [2.75, 3.05) is 34.8 Å². The molecule has 2 N–H and O–H groups in total. The van der Waals surface area contributed by atoms with Crippen LogP contribution in [0.1, 0.15) is 36.7 Å². The smallest absolute Gasteiger partial charge is 0.253 e. The highest BCUT2D eigenvalue weighted by molar-refractivity contribution is 14.0. The first kappa shape index (κ1) is 24.7. The van der Waals surface area contributed by atoms with Crippen molar-refractivity contribution < 1.29 is 9.53 Å². The van der Waals surface area contributed by atoms with Gasteiger partial charge in [-0.05, 0) is 23.1 Å². The number of nitrogens with zero attached hydrogens (tertiary/aromatic N) is 2. The predicted molar refractivity (Wildman–Crippen MR) is 118 cm³/mol. The van der Waals surface area contributed by atoms with Crippen molar-refractivity contribution in [3.05, 3.63) is 35.4 Å². The van der Waals surface area contributed by atoms with Crippen molar-refractivity contribution in [1.29, 1.82) is 0 Å². The molecule has 1 aromatic carbocycles. The van der Waals surface area contributed by atoms with Crippen LogP contribution >= 0.6 is 24.0 Å². The number of amides is 1. The van der Waals surface area contributed by atoms with Crippen LogP contribution in [0.2, 0.25) is 0 Å². The van der Waals surface area contributed by atoms with Crippen molar-refractivity contribution in [1.82, 2.24) is 15.5 Å². The number of hydrogen-bond donors (Lipinski definition) is 2. The minimum atomic E-state index is 0. The number of halogens is 1. The summed E-state index contributed by atoms with van der Waals surface area (Å²) in [5, 5.41) is 6.57. The minimum Gasteiger partial charge on any atom is -0.379 e. The topological polar surface area (TPSA) is 66.0 Å². The standard InChI is InChI=1S/C19H32N4O2.HI/c1-19(2,3)16(25-7)13-22-18(20-4)21-12-14-8-10-15(11-9-14)17(24)23(5)6;/h8-11,16H,12-13H2,1-7H3,(H2,20,21,22);1H. The summed E-state index contributed by atoms with van der Waals surface area (Å²) < 4.78 is 5.55. The maximum atomic E-state index is 11.9. The minimum absolute atomic E-state index is 0. The maximum Gasteiger partial charge on any atom is 0.253 e. The van der Waals surface area contributed by atoms with Crippen LogP contribution in [0.15, 0.2) is 29.3 Å². The lowest BCUT2D eigenvalue weighted by atomic mass is 9.89. The molecule has 0 aliphatic carbocycles. The molecule has 6 nitrogen and oxygen atoms in total. The molecule has 7 heteroatoms. The number of rotatable bonds is 6. The maximum absolute atomic E-state index is 11.9. The fourth-order valence-corrected chi connectivity index (χ4v) is 2.36. The molecule has 0 heterocycles. The average molecular weight is 476 g/mol. The van der Waals surface area contributed by atoms with Crippen LogP contribution in [-0.2, 0) is 11.3 Å². The molecule has 0 aromatic heterocycles. The molecule has 0 saturated heterocycles. The molecule has 0 radical (unpaired) electrons. The fourth-order valence-electron chi connectivity index (χ4n) is 2.36. The van der Waals surface area contributed by atoms with Crippen molar-refractivity contribution in [2.45, 2.75) is 33.4 Å². The van der Waals surface area contributed by atoms with Gasteiger partial charge in [0.15, 0.2) is 5.96 Å². The lowest BCUT2D eigenvalue weighted by Crippen LogP contribution is -2.45. The lowest BCUT2D eigenvalue weighted by Gasteiger charge is -2.30. The molecular weight excluding hydrogens is 443 g/mol. The van der Waals surface area contributed by atoms with Crippen molar-refractivity contribution >= 4 is 35.8 Å². The quantitative estimate of drug-likeness (QED) is 0.377. The molecule has 0 bridgehead atoms. The number of ether oxygens (including phenoxy) is 1.